The maximum absolute atomic E-state index is 12.4. The van der Waals surface area contributed by atoms with Crippen LogP contribution in [0.5, 0.6) is 0 Å². The molecule has 0 bridgehead atoms. The topological polar surface area (TPSA) is 36.1 Å². The average molecular weight is 317 g/mol. The van der Waals surface area contributed by atoms with Gasteiger partial charge in [0.25, 0.3) is 0 Å². The zero-order chi connectivity index (χ0) is 14.0. The molecule has 1 N–H and O–H groups in total. The Labute approximate surface area is 127 Å². The Bertz CT molecular complexity index is 506. The summed E-state index contributed by atoms with van der Waals surface area (Å²) in [4.78, 5) is 18.6. The lowest BCUT2D eigenvalue weighted by Crippen LogP contribution is -2.44. The highest BCUT2D eigenvalue weighted by Gasteiger charge is 2.26. The van der Waals surface area contributed by atoms with Gasteiger partial charge in [-0.15, -0.1) is 11.3 Å². The van der Waals surface area contributed by atoms with E-state index >= 15 is 0 Å². The second-order valence-corrected chi connectivity index (χ2v) is 8.35. The van der Waals surface area contributed by atoms with Crippen LogP contribution in [0.2, 0.25) is 0 Å². The SMILES string of the molecule is Cc1[nH]c(=S)sc1CC(=O)N1CCSC(C(C)C)C1. The van der Waals surface area contributed by atoms with Gasteiger partial charge in [0.15, 0.2) is 3.95 Å². The van der Waals surface area contributed by atoms with E-state index < -0.39 is 0 Å². The highest BCUT2D eigenvalue weighted by atomic mass is 32.2. The molecule has 3 nitrogen and oxygen atoms in total. The van der Waals surface area contributed by atoms with Crippen LogP contribution in [0.4, 0.5) is 0 Å². The Morgan fingerprint density at radius 1 is 1.58 bits per heavy atom. The van der Waals surface area contributed by atoms with E-state index in [9.17, 15) is 4.79 Å². The van der Waals surface area contributed by atoms with Crippen LogP contribution in [-0.2, 0) is 11.2 Å². The third-order valence-corrected chi connectivity index (χ3v) is 6.30. The molecular weight excluding hydrogens is 296 g/mol. The van der Waals surface area contributed by atoms with Gasteiger partial charge in [0.1, 0.15) is 0 Å². The number of nitrogens with zero attached hydrogens (tertiary/aromatic N) is 1. The lowest BCUT2D eigenvalue weighted by molar-refractivity contribution is -0.130. The number of thiazole rings is 1. The van der Waals surface area contributed by atoms with Gasteiger partial charge in [-0.3, -0.25) is 4.79 Å². The Kier molecular flexibility index (Phi) is 5.09. The minimum atomic E-state index is 0.235. The number of carbonyl (C=O) groups is 1. The summed E-state index contributed by atoms with van der Waals surface area (Å²) >= 11 is 8.63. The summed E-state index contributed by atoms with van der Waals surface area (Å²) < 4.78 is 0.759. The van der Waals surface area contributed by atoms with Crippen LogP contribution in [0.3, 0.4) is 0 Å². The number of nitrogens with one attached hydrogen (secondary N) is 1. The molecule has 106 valence electrons. The van der Waals surface area contributed by atoms with E-state index in [1.54, 1.807) is 0 Å². The Morgan fingerprint density at radius 3 is 2.89 bits per heavy atom. The minimum Gasteiger partial charge on any atom is -0.341 e. The highest BCUT2D eigenvalue weighted by molar-refractivity contribution is 8.00. The Balaban J connectivity index is 2.00. The number of aryl methyl sites for hydroxylation is 1. The van der Waals surface area contributed by atoms with Gasteiger partial charge in [-0.25, -0.2) is 0 Å². The molecule has 0 aromatic carbocycles. The predicted octanol–water partition coefficient (Wildman–Crippen LogP) is 3.26. The fourth-order valence-corrected chi connectivity index (χ4v) is 4.74. The van der Waals surface area contributed by atoms with Crippen molar-refractivity contribution >= 4 is 41.2 Å². The lowest BCUT2D eigenvalue weighted by Gasteiger charge is -2.34. The fourth-order valence-electron chi connectivity index (χ4n) is 2.16. The van der Waals surface area contributed by atoms with Crippen molar-refractivity contribution in [3.8, 4) is 0 Å². The van der Waals surface area contributed by atoms with Crippen LogP contribution >= 0.6 is 35.3 Å². The van der Waals surface area contributed by atoms with Crippen molar-refractivity contribution in [1.82, 2.24) is 9.88 Å². The van der Waals surface area contributed by atoms with Gasteiger partial charge in [-0.05, 0) is 25.1 Å². The van der Waals surface area contributed by atoms with Crippen molar-refractivity contribution < 1.29 is 4.79 Å². The van der Waals surface area contributed by atoms with E-state index in [4.69, 9.17) is 12.2 Å². The molecule has 1 amide bonds. The number of rotatable bonds is 3. The molecule has 1 aromatic heterocycles. The molecule has 2 rings (SSSR count). The van der Waals surface area contributed by atoms with Gasteiger partial charge >= 0.3 is 0 Å². The number of carbonyl (C=O) groups excluding carboxylic acids is 1. The van der Waals surface area contributed by atoms with Gasteiger partial charge in [-0.1, -0.05) is 13.8 Å². The zero-order valence-corrected chi connectivity index (χ0v) is 14.0. The molecule has 1 aliphatic rings. The summed E-state index contributed by atoms with van der Waals surface area (Å²) in [5.41, 5.74) is 1.04. The fraction of sp³-hybridized carbons (Fsp3) is 0.692. The van der Waals surface area contributed by atoms with Crippen LogP contribution in [0, 0.1) is 16.8 Å². The number of amides is 1. The molecule has 1 saturated heterocycles. The first-order valence-electron chi connectivity index (χ1n) is 6.55. The smallest absolute Gasteiger partial charge is 0.227 e. The van der Waals surface area contributed by atoms with Crippen LogP contribution in [0.15, 0.2) is 0 Å². The summed E-state index contributed by atoms with van der Waals surface area (Å²) in [6, 6.07) is 0. The van der Waals surface area contributed by atoms with E-state index in [0.29, 0.717) is 17.6 Å². The minimum absolute atomic E-state index is 0.235. The number of H-pyrrole nitrogens is 1. The van der Waals surface area contributed by atoms with Crippen molar-refractivity contribution in [2.45, 2.75) is 32.4 Å². The lowest BCUT2D eigenvalue weighted by atomic mass is 10.1. The number of hydrogen-bond acceptors (Lipinski definition) is 4. The Hall–Kier alpha value is -0.330. The largest absolute Gasteiger partial charge is 0.341 e. The molecule has 0 spiro atoms. The predicted molar refractivity (Wildman–Crippen MR) is 85.6 cm³/mol. The molecule has 0 saturated carbocycles. The van der Waals surface area contributed by atoms with Gasteiger partial charge in [0.2, 0.25) is 5.91 Å². The third-order valence-electron chi connectivity index (χ3n) is 3.43. The molecule has 0 aliphatic carbocycles. The van der Waals surface area contributed by atoms with E-state index in [1.807, 2.05) is 23.6 Å². The van der Waals surface area contributed by atoms with Crippen molar-refractivity contribution in [2.24, 2.45) is 5.92 Å². The summed E-state index contributed by atoms with van der Waals surface area (Å²) in [5.74, 6) is 1.91. The Morgan fingerprint density at radius 2 is 2.32 bits per heavy atom. The van der Waals surface area contributed by atoms with Gasteiger partial charge in [0, 0.05) is 34.7 Å². The van der Waals surface area contributed by atoms with E-state index in [0.717, 1.165) is 33.4 Å². The standard InChI is InChI=1S/C13H20N2OS3/c1-8(2)11-7-15(4-5-18-11)12(16)6-10-9(3)14-13(17)19-10/h8,11H,4-7H2,1-3H3,(H,14,17). The molecule has 1 atom stereocenters. The first kappa shape index (κ1) is 15.1. The third kappa shape index (κ3) is 3.83. The number of hydrogen-bond donors (Lipinski definition) is 1. The van der Waals surface area contributed by atoms with E-state index in [2.05, 4.69) is 18.8 Å². The summed E-state index contributed by atoms with van der Waals surface area (Å²) in [6.07, 6.45) is 0.485. The molecule has 1 aromatic rings. The van der Waals surface area contributed by atoms with Crippen molar-refractivity contribution in [3.63, 3.8) is 0 Å². The summed E-state index contributed by atoms with van der Waals surface area (Å²) in [6.45, 7) is 8.20. The summed E-state index contributed by atoms with van der Waals surface area (Å²) in [7, 11) is 0. The van der Waals surface area contributed by atoms with Gasteiger partial charge in [0.05, 0.1) is 6.42 Å². The molecular formula is C13H20N2OS3. The maximum atomic E-state index is 12.4. The highest BCUT2D eigenvalue weighted by Crippen LogP contribution is 2.25. The normalized spacial score (nSPS) is 20.0. The molecule has 19 heavy (non-hydrogen) atoms. The molecule has 6 heteroatoms. The molecule has 1 unspecified atom stereocenters. The number of thioether (sulfide) groups is 1. The average Bonchev–Trinajstić information content (AvgIpc) is 2.68. The monoisotopic (exact) mass is 316 g/mol. The second kappa shape index (κ2) is 6.41. The zero-order valence-electron chi connectivity index (χ0n) is 11.6. The first-order chi connectivity index (χ1) is 8.97. The summed E-state index contributed by atoms with van der Waals surface area (Å²) in [5, 5.41) is 0.572. The maximum Gasteiger partial charge on any atom is 0.227 e. The molecule has 1 fully saturated rings. The molecule has 1 aliphatic heterocycles. The molecule has 0 radical (unpaired) electrons. The van der Waals surface area contributed by atoms with Gasteiger partial charge in [-0.2, -0.15) is 11.8 Å². The van der Waals surface area contributed by atoms with Crippen molar-refractivity contribution in [1.29, 1.82) is 0 Å². The van der Waals surface area contributed by atoms with Crippen molar-refractivity contribution in [2.75, 3.05) is 18.8 Å². The quantitative estimate of drug-likeness (QED) is 0.870. The first-order valence-corrected chi connectivity index (χ1v) is 8.82. The van der Waals surface area contributed by atoms with Crippen LogP contribution in [0.1, 0.15) is 24.4 Å². The van der Waals surface area contributed by atoms with Crippen molar-refractivity contribution in [3.05, 3.63) is 14.5 Å². The number of aromatic amines is 1. The van der Waals surface area contributed by atoms with E-state index in [1.165, 1.54) is 11.3 Å². The van der Waals surface area contributed by atoms with Crippen LogP contribution < -0.4 is 0 Å². The molecule has 2 heterocycles. The van der Waals surface area contributed by atoms with Gasteiger partial charge < -0.3 is 9.88 Å². The number of aromatic nitrogens is 1. The second-order valence-electron chi connectivity index (χ2n) is 5.23. The van der Waals surface area contributed by atoms with Crippen LogP contribution in [-0.4, -0.2) is 39.9 Å². The van der Waals surface area contributed by atoms with Crippen LogP contribution in [0.25, 0.3) is 0 Å². The van der Waals surface area contributed by atoms with E-state index in [-0.39, 0.29) is 5.91 Å².